The van der Waals surface area contributed by atoms with Gasteiger partial charge >= 0.3 is 10.4 Å². The van der Waals surface area contributed by atoms with Crippen LogP contribution in [0, 0.1) is 5.92 Å². The number of nitrogen functional groups attached to an aromatic ring is 1. The minimum atomic E-state index is -4.74. The molecule has 21 heteroatoms. The van der Waals surface area contributed by atoms with Crippen LogP contribution in [-0.2, 0) is 33.9 Å². The first-order valence-electron chi connectivity index (χ1n) is 15.6. The number of fused-ring (bicyclic) bond motifs is 1. The van der Waals surface area contributed by atoms with E-state index in [4.69, 9.17) is 34.7 Å². The number of ether oxygens (including phenoxy) is 1. The molecule has 0 spiro atoms. The second kappa shape index (κ2) is 19.7. The molecule has 280 valence electrons. The van der Waals surface area contributed by atoms with Crippen LogP contribution in [0.3, 0.4) is 0 Å². The zero-order chi connectivity index (χ0) is 37.4. The summed E-state index contributed by atoms with van der Waals surface area (Å²) in [6.07, 6.45) is 1.39. The van der Waals surface area contributed by atoms with E-state index in [1.54, 1.807) is 0 Å². The monoisotopic (exact) mass is 753 g/mol. The van der Waals surface area contributed by atoms with Crippen molar-refractivity contribution in [3.8, 4) is 5.75 Å². The molecular weight excluding hydrogens is 711 g/mol. The van der Waals surface area contributed by atoms with Crippen molar-refractivity contribution in [3.05, 3.63) is 41.4 Å². The Morgan fingerprint density at radius 3 is 2.55 bits per heavy atom. The Hall–Kier alpha value is -4.67. The summed E-state index contributed by atoms with van der Waals surface area (Å²) in [4.78, 5) is 43.9. The molecule has 2 aliphatic heterocycles. The lowest BCUT2D eigenvalue weighted by atomic mass is 9.85. The van der Waals surface area contributed by atoms with Gasteiger partial charge in [-0.1, -0.05) is 5.16 Å². The van der Waals surface area contributed by atoms with E-state index in [9.17, 15) is 18.0 Å². The smallest absolute Gasteiger partial charge is 0.418 e. The first kappa shape index (κ1) is 40.8. The molecule has 8 N–H and O–H groups in total. The van der Waals surface area contributed by atoms with Gasteiger partial charge < -0.3 is 41.7 Å². The number of rotatable bonds is 17. The Kier molecular flexibility index (Phi) is 15.7. The normalized spacial score (nSPS) is 16.7. The topological polar surface area (TPSA) is 269 Å². The quantitative estimate of drug-likeness (QED) is 0.0252. The molecule has 0 unspecified atom stereocenters. The van der Waals surface area contributed by atoms with Crippen LogP contribution < -0.4 is 31.7 Å². The number of amides is 2. The third-order valence-corrected chi connectivity index (χ3v) is 8.43. The number of hydrogen-bond acceptors (Lipinski definition) is 16. The summed E-state index contributed by atoms with van der Waals surface area (Å²) in [5, 5.41) is 27.3. The molecule has 0 saturated carbocycles. The van der Waals surface area contributed by atoms with E-state index >= 15 is 0 Å². The van der Waals surface area contributed by atoms with Gasteiger partial charge in [-0.3, -0.25) is 18.9 Å². The molecule has 5 rings (SSSR count). The summed E-state index contributed by atoms with van der Waals surface area (Å²) < 4.78 is 39.0. The van der Waals surface area contributed by atoms with E-state index in [1.807, 2.05) is 36.6 Å². The number of thiazole rings is 1. The average Bonchev–Trinajstić information content (AvgIpc) is 3.51. The number of nitrogens with one attached hydrogen (secondary N) is 4. The summed E-state index contributed by atoms with van der Waals surface area (Å²) in [6, 6.07) is 9.08. The van der Waals surface area contributed by atoms with Gasteiger partial charge in [0.1, 0.15) is 35.6 Å². The van der Waals surface area contributed by atoms with Gasteiger partial charge in [-0.15, -0.1) is 15.6 Å². The largest absolute Gasteiger partial charge is 0.490 e. The maximum atomic E-state index is 11.2. The van der Waals surface area contributed by atoms with Gasteiger partial charge in [0, 0.05) is 36.9 Å². The van der Waals surface area contributed by atoms with E-state index in [1.165, 1.54) is 25.2 Å². The summed E-state index contributed by atoms with van der Waals surface area (Å²) in [5.41, 5.74) is 6.95. The maximum Gasteiger partial charge on any atom is 0.418 e. The lowest BCUT2D eigenvalue weighted by Gasteiger charge is -2.50. The number of carbonyl (C=O) groups excluding carboxylic acids is 2. The second-order valence-electron chi connectivity index (χ2n) is 11.6. The third-order valence-electron chi connectivity index (χ3n) is 7.41. The number of oxime groups is 1. The number of carboxylic acid groups (broad SMARTS) is 1. The Labute approximate surface area is 298 Å². The van der Waals surface area contributed by atoms with Crippen molar-refractivity contribution in [1.29, 1.82) is 0 Å². The minimum absolute atomic E-state index is 0.250. The van der Waals surface area contributed by atoms with Crippen LogP contribution in [0.5, 0.6) is 5.75 Å². The summed E-state index contributed by atoms with van der Waals surface area (Å²) in [7, 11) is -4.74. The van der Waals surface area contributed by atoms with Crippen molar-refractivity contribution in [2.24, 2.45) is 11.1 Å². The highest BCUT2D eigenvalue weighted by Gasteiger charge is 2.57. The van der Waals surface area contributed by atoms with Crippen LogP contribution in [-0.4, -0.2) is 115 Å². The number of aromatic nitrogens is 2. The van der Waals surface area contributed by atoms with Crippen LogP contribution in [0.2, 0.25) is 0 Å². The van der Waals surface area contributed by atoms with Gasteiger partial charge in [-0.25, -0.2) is 9.97 Å². The van der Waals surface area contributed by atoms with Crippen molar-refractivity contribution < 1.29 is 46.3 Å². The molecule has 2 saturated heterocycles. The summed E-state index contributed by atoms with van der Waals surface area (Å²) in [6.45, 7) is 10.6. The molecule has 2 aliphatic rings. The Bertz CT molecular complexity index is 1740. The molecule has 2 aromatic heterocycles. The van der Waals surface area contributed by atoms with E-state index in [2.05, 4.69) is 41.8 Å². The molecule has 2 amide bonds. The lowest BCUT2D eigenvalue weighted by Crippen LogP contribution is -2.75. The fraction of sp³-hybridized carbons (Fsp3) is 0.467. The average molecular weight is 754 g/mol. The number of pyridine rings is 1. The second-order valence-corrected chi connectivity index (χ2v) is 13.5. The molecule has 0 bridgehead atoms. The number of hydroxylamine groups is 2. The molecule has 2 fully saturated rings. The zero-order valence-electron chi connectivity index (χ0n) is 28.3. The number of β-lactam (4-membered cyclic amide) rings is 1. The molecular formula is C30H43N9O10S2. The highest BCUT2D eigenvalue weighted by Crippen LogP contribution is 2.32. The van der Waals surface area contributed by atoms with Crippen molar-refractivity contribution in [2.45, 2.75) is 38.8 Å². The first-order valence-corrected chi connectivity index (χ1v) is 17.9. The van der Waals surface area contributed by atoms with E-state index < -0.39 is 27.9 Å². The molecule has 51 heavy (non-hydrogen) atoms. The third kappa shape index (κ3) is 12.9. The van der Waals surface area contributed by atoms with Crippen LogP contribution in [0.1, 0.15) is 32.9 Å². The Morgan fingerprint density at radius 1 is 1.20 bits per heavy atom. The molecule has 1 aromatic carbocycles. The van der Waals surface area contributed by atoms with Gasteiger partial charge in [0.2, 0.25) is 6.41 Å². The van der Waals surface area contributed by atoms with Gasteiger partial charge in [-0.05, 0) is 70.0 Å². The SMILES string of the molecule is C/C(=N\OCCOc1ccc2nc(NCCCNCC3CNC3)ccc2c1)c1csc(N)n1.CC1(C)[C@H](NC=O)C(=O)N1OS(=O)(=O)O.O=CO. The first-order chi connectivity index (χ1) is 24.3. The van der Waals surface area contributed by atoms with E-state index in [0.717, 1.165) is 73.2 Å². The van der Waals surface area contributed by atoms with Gasteiger partial charge in [0.15, 0.2) is 11.7 Å². The molecule has 3 aromatic rings. The standard InChI is InChI=1S/C23H31N7O2S.C6H10N2O6S.CH2O2/c1-16(21-15-33-23(24)29-21)30-32-10-9-31-19-4-5-20-18(11-19)3-6-22(28-20)27-8-2-7-25-12-17-13-26-14-17;1-6(2)4(7-3-9)5(10)8(6)14-15(11,12)13;2-1-3/h3-6,11,15,17,25-26H,2,7-10,12-14H2,1H3,(H2,24,29)(H,27,28);3-4H,1-2H3,(H,7,9)(H,11,12,13);1H,(H,2,3)/b30-16+;;/t;4-;/m.1./s1. The van der Waals surface area contributed by atoms with Crippen molar-refractivity contribution >= 4 is 68.1 Å². The maximum absolute atomic E-state index is 11.2. The lowest BCUT2D eigenvalue weighted by molar-refractivity contribution is -0.218. The molecule has 0 aliphatic carbocycles. The van der Waals surface area contributed by atoms with Crippen molar-refractivity contribution in [3.63, 3.8) is 0 Å². The van der Waals surface area contributed by atoms with E-state index in [-0.39, 0.29) is 6.47 Å². The van der Waals surface area contributed by atoms with Crippen molar-refractivity contribution in [1.82, 2.24) is 31.0 Å². The highest BCUT2D eigenvalue weighted by atomic mass is 32.3. The predicted octanol–water partition coefficient (Wildman–Crippen LogP) is 0.861. The molecule has 19 nitrogen and oxygen atoms in total. The Balaban J connectivity index is 0.000000326. The van der Waals surface area contributed by atoms with Crippen LogP contribution in [0.25, 0.3) is 10.9 Å². The minimum Gasteiger partial charge on any atom is -0.490 e. The number of anilines is 2. The van der Waals surface area contributed by atoms with E-state index in [0.29, 0.717) is 35.5 Å². The molecule has 0 radical (unpaired) electrons. The van der Waals surface area contributed by atoms with Crippen LogP contribution in [0.4, 0.5) is 10.9 Å². The number of benzene rings is 1. The zero-order valence-corrected chi connectivity index (χ0v) is 29.9. The summed E-state index contributed by atoms with van der Waals surface area (Å²) >= 11 is 1.38. The Morgan fingerprint density at radius 2 is 1.94 bits per heavy atom. The van der Waals surface area contributed by atoms with Gasteiger partial charge in [0.25, 0.3) is 12.4 Å². The van der Waals surface area contributed by atoms with Gasteiger partial charge in [0.05, 0.1) is 11.1 Å². The fourth-order valence-electron chi connectivity index (χ4n) is 4.69. The molecule has 1 atom stereocenters. The predicted molar refractivity (Wildman–Crippen MR) is 190 cm³/mol. The van der Waals surface area contributed by atoms with Gasteiger partial charge in [-0.2, -0.15) is 13.5 Å². The summed E-state index contributed by atoms with van der Waals surface area (Å²) in [5.74, 6) is 1.72. The highest BCUT2D eigenvalue weighted by molar-refractivity contribution is 7.80. The van der Waals surface area contributed by atoms with Crippen LogP contribution >= 0.6 is 11.3 Å². The van der Waals surface area contributed by atoms with Crippen molar-refractivity contribution in [2.75, 3.05) is 57.0 Å². The number of nitrogens with zero attached hydrogens (tertiary/aromatic N) is 4. The molecule has 4 heterocycles. The number of nitrogens with two attached hydrogens (primary N) is 1. The number of hydrogen-bond donors (Lipinski definition) is 7. The van der Waals surface area contributed by atoms with Crippen LogP contribution in [0.15, 0.2) is 40.9 Å². The fourth-order valence-corrected chi connectivity index (χ4v) is 5.75. The number of carbonyl (C=O) groups is 3.